The summed E-state index contributed by atoms with van der Waals surface area (Å²) in [5.41, 5.74) is 2.66. The lowest BCUT2D eigenvalue weighted by molar-refractivity contribution is 0.0859. The van der Waals surface area contributed by atoms with Crippen molar-refractivity contribution in [3.05, 3.63) is 52.8 Å². The second-order valence-corrected chi connectivity index (χ2v) is 5.64. The summed E-state index contributed by atoms with van der Waals surface area (Å²) < 4.78 is 16.4. The van der Waals surface area contributed by atoms with Gasteiger partial charge in [0.1, 0.15) is 23.4 Å². The molecule has 6 heteroatoms. The van der Waals surface area contributed by atoms with Crippen molar-refractivity contribution in [2.45, 2.75) is 13.0 Å². The van der Waals surface area contributed by atoms with E-state index in [9.17, 15) is 0 Å². The van der Waals surface area contributed by atoms with E-state index in [0.717, 1.165) is 28.2 Å². The van der Waals surface area contributed by atoms with Crippen molar-refractivity contribution in [2.24, 2.45) is 0 Å². The molecule has 0 spiro atoms. The van der Waals surface area contributed by atoms with Crippen LogP contribution in [0.4, 0.5) is 0 Å². The van der Waals surface area contributed by atoms with Gasteiger partial charge in [-0.2, -0.15) is 0 Å². The Labute approximate surface area is 145 Å². The molecule has 2 aromatic carbocycles. The van der Waals surface area contributed by atoms with Crippen LogP contribution in [-0.4, -0.2) is 30.8 Å². The molecule has 5 nitrogen and oxygen atoms in total. The molecular formula is C18H19ClN2O3. The first kappa shape index (κ1) is 16.6. The normalized spacial score (nSPS) is 12.3. The number of fused-ring (bicyclic) bond motifs is 1. The summed E-state index contributed by atoms with van der Waals surface area (Å²) in [5.74, 6) is 2.13. The molecule has 0 saturated carbocycles. The van der Waals surface area contributed by atoms with Crippen LogP contribution in [0.1, 0.15) is 24.4 Å². The summed E-state index contributed by atoms with van der Waals surface area (Å²) in [4.78, 5) is 7.96. The summed E-state index contributed by atoms with van der Waals surface area (Å²) >= 11 is 6.25. The number of rotatable bonds is 6. The molecule has 1 N–H and O–H groups in total. The van der Waals surface area contributed by atoms with Gasteiger partial charge in [-0.15, -0.1) is 0 Å². The maximum atomic E-state index is 6.25. The van der Waals surface area contributed by atoms with Crippen molar-refractivity contribution in [1.82, 2.24) is 9.97 Å². The average molecular weight is 347 g/mol. The van der Waals surface area contributed by atoms with Crippen molar-refractivity contribution in [2.75, 3.05) is 20.8 Å². The van der Waals surface area contributed by atoms with E-state index < -0.39 is 0 Å². The highest BCUT2D eigenvalue weighted by Crippen LogP contribution is 2.32. The average Bonchev–Trinajstić information content (AvgIpc) is 3.02. The summed E-state index contributed by atoms with van der Waals surface area (Å²) in [6, 6.07) is 11.3. The number of methoxy groups -OCH3 is 2. The molecule has 0 saturated heterocycles. The van der Waals surface area contributed by atoms with Crippen molar-refractivity contribution < 1.29 is 14.2 Å². The van der Waals surface area contributed by atoms with Gasteiger partial charge < -0.3 is 19.2 Å². The molecular weight excluding hydrogens is 328 g/mol. The van der Waals surface area contributed by atoms with Gasteiger partial charge in [0.15, 0.2) is 0 Å². The van der Waals surface area contributed by atoms with Crippen molar-refractivity contribution in [3.8, 4) is 11.5 Å². The summed E-state index contributed by atoms with van der Waals surface area (Å²) in [6.45, 7) is 2.50. The number of ether oxygens (including phenoxy) is 3. The molecule has 0 aliphatic rings. The van der Waals surface area contributed by atoms with Gasteiger partial charge in [0.25, 0.3) is 0 Å². The van der Waals surface area contributed by atoms with E-state index in [2.05, 4.69) is 9.97 Å². The predicted octanol–water partition coefficient (Wildman–Crippen LogP) is 4.36. The maximum Gasteiger partial charge on any atom is 0.141 e. The van der Waals surface area contributed by atoms with Crippen LogP contribution in [0.15, 0.2) is 36.4 Å². The number of imidazole rings is 1. The van der Waals surface area contributed by atoms with Crippen molar-refractivity contribution >= 4 is 22.6 Å². The lowest BCUT2D eigenvalue weighted by Crippen LogP contribution is -2.08. The molecule has 0 aliphatic carbocycles. The van der Waals surface area contributed by atoms with E-state index >= 15 is 0 Å². The third kappa shape index (κ3) is 3.18. The van der Waals surface area contributed by atoms with Crippen LogP contribution in [0.3, 0.4) is 0 Å². The first-order valence-electron chi connectivity index (χ1n) is 7.65. The smallest absolute Gasteiger partial charge is 0.141 e. The second kappa shape index (κ2) is 7.11. The van der Waals surface area contributed by atoms with Gasteiger partial charge in [-0.25, -0.2) is 4.98 Å². The Bertz CT molecular complexity index is 847. The number of hydrogen-bond acceptors (Lipinski definition) is 4. The van der Waals surface area contributed by atoms with Crippen LogP contribution < -0.4 is 9.47 Å². The lowest BCUT2D eigenvalue weighted by atomic mass is 10.1. The molecule has 0 fully saturated rings. The number of nitrogens with one attached hydrogen (secondary N) is 1. The Hall–Kier alpha value is -2.24. The molecule has 0 aliphatic heterocycles. The Morgan fingerprint density at radius 2 is 1.96 bits per heavy atom. The van der Waals surface area contributed by atoms with Gasteiger partial charge in [-0.3, -0.25) is 0 Å². The third-order valence-corrected chi connectivity index (χ3v) is 4.06. The molecule has 1 unspecified atom stereocenters. The molecule has 0 radical (unpaired) electrons. The monoisotopic (exact) mass is 346 g/mol. The molecule has 3 aromatic rings. The van der Waals surface area contributed by atoms with Crippen LogP contribution in [0.25, 0.3) is 11.0 Å². The molecule has 1 atom stereocenters. The van der Waals surface area contributed by atoms with E-state index in [1.165, 1.54) is 0 Å². The van der Waals surface area contributed by atoms with E-state index in [-0.39, 0.29) is 6.10 Å². The molecule has 3 rings (SSSR count). The van der Waals surface area contributed by atoms with Crippen LogP contribution >= 0.6 is 11.6 Å². The second-order valence-electron chi connectivity index (χ2n) is 5.23. The maximum absolute atomic E-state index is 6.25. The minimum absolute atomic E-state index is 0.336. The fourth-order valence-electron chi connectivity index (χ4n) is 2.61. The number of halogens is 1. The Kier molecular flexibility index (Phi) is 4.92. The first-order chi connectivity index (χ1) is 11.7. The van der Waals surface area contributed by atoms with Gasteiger partial charge in [0.2, 0.25) is 0 Å². The fourth-order valence-corrected chi connectivity index (χ4v) is 2.87. The quantitative estimate of drug-likeness (QED) is 0.720. The fraction of sp³-hybridized carbons (Fsp3) is 0.278. The zero-order valence-electron chi connectivity index (χ0n) is 13.8. The topological polar surface area (TPSA) is 56.4 Å². The van der Waals surface area contributed by atoms with Crippen LogP contribution in [0.5, 0.6) is 11.5 Å². The Morgan fingerprint density at radius 1 is 1.12 bits per heavy atom. The number of hydrogen-bond donors (Lipinski definition) is 1. The number of H-pyrrole nitrogens is 1. The van der Waals surface area contributed by atoms with Gasteiger partial charge >= 0.3 is 0 Å². The van der Waals surface area contributed by atoms with E-state index in [1.807, 2.05) is 43.3 Å². The molecule has 1 heterocycles. The van der Waals surface area contributed by atoms with Gasteiger partial charge in [-0.05, 0) is 36.8 Å². The lowest BCUT2D eigenvalue weighted by Gasteiger charge is -2.16. The third-order valence-electron chi connectivity index (χ3n) is 3.77. The van der Waals surface area contributed by atoms with Gasteiger partial charge in [0, 0.05) is 12.7 Å². The molecule has 0 bridgehead atoms. The van der Waals surface area contributed by atoms with Gasteiger partial charge in [-0.1, -0.05) is 17.7 Å². The number of nitrogens with zero attached hydrogens (tertiary/aromatic N) is 1. The highest BCUT2D eigenvalue weighted by Gasteiger charge is 2.20. The van der Waals surface area contributed by atoms with E-state index in [1.54, 1.807) is 14.2 Å². The van der Waals surface area contributed by atoms with Crippen molar-refractivity contribution in [3.63, 3.8) is 0 Å². The standard InChI is InChI=1S/C18H19ClN2O3/c1-4-24-17(11-5-8-16(23-3)13(19)9-11)18-20-14-7-6-12(22-2)10-15(14)21-18/h5-10,17H,4H2,1-3H3,(H,20,21). The first-order valence-corrected chi connectivity index (χ1v) is 8.02. The summed E-state index contributed by atoms with van der Waals surface area (Å²) in [7, 11) is 3.23. The van der Waals surface area contributed by atoms with E-state index in [0.29, 0.717) is 17.4 Å². The molecule has 126 valence electrons. The largest absolute Gasteiger partial charge is 0.497 e. The highest BCUT2D eigenvalue weighted by molar-refractivity contribution is 6.32. The minimum atomic E-state index is -0.336. The van der Waals surface area contributed by atoms with Crippen LogP contribution in [0, 0.1) is 0 Å². The van der Waals surface area contributed by atoms with Crippen LogP contribution in [0.2, 0.25) is 5.02 Å². The molecule has 1 aromatic heterocycles. The Balaban J connectivity index is 2.03. The minimum Gasteiger partial charge on any atom is -0.497 e. The van der Waals surface area contributed by atoms with Gasteiger partial charge in [0.05, 0.1) is 30.3 Å². The highest BCUT2D eigenvalue weighted by atomic mass is 35.5. The zero-order valence-corrected chi connectivity index (χ0v) is 14.6. The summed E-state index contributed by atoms with van der Waals surface area (Å²) in [6.07, 6.45) is -0.336. The van der Waals surface area contributed by atoms with Crippen LogP contribution in [-0.2, 0) is 4.74 Å². The number of aromatic amines is 1. The van der Waals surface area contributed by atoms with E-state index in [4.69, 9.17) is 25.8 Å². The molecule has 0 amide bonds. The predicted molar refractivity (Wildman–Crippen MR) is 94.1 cm³/mol. The number of benzene rings is 2. The number of aromatic nitrogens is 2. The molecule has 24 heavy (non-hydrogen) atoms. The summed E-state index contributed by atoms with van der Waals surface area (Å²) in [5, 5.41) is 0.539. The zero-order chi connectivity index (χ0) is 17.1. The Morgan fingerprint density at radius 3 is 2.62 bits per heavy atom. The SMILES string of the molecule is CCOC(c1ccc(OC)c(Cl)c1)c1nc2ccc(OC)cc2[nH]1. The van der Waals surface area contributed by atoms with Crippen molar-refractivity contribution in [1.29, 1.82) is 0 Å².